The first-order valence-corrected chi connectivity index (χ1v) is 13.0. The van der Waals surface area contributed by atoms with Crippen LogP contribution >= 0.6 is 23.2 Å². The normalized spacial score (nSPS) is 11.4. The van der Waals surface area contributed by atoms with Crippen LogP contribution in [0, 0.1) is 0 Å². The van der Waals surface area contributed by atoms with Crippen LogP contribution in [-0.2, 0) is 29.1 Å². The summed E-state index contributed by atoms with van der Waals surface area (Å²) in [6, 6.07) is 32.7. The van der Waals surface area contributed by atoms with Gasteiger partial charge in [-0.1, -0.05) is 108 Å². The fourth-order valence-electron chi connectivity index (χ4n) is 4.04. The maximum atomic E-state index is 13.7. The van der Waals surface area contributed by atoms with Crippen LogP contribution in [-0.4, -0.2) is 29.4 Å². The molecule has 1 atom stereocenters. The summed E-state index contributed by atoms with van der Waals surface area (Å²) >= 11 is 12.3. The molecular weight excluding hydrogens is 519 g/mol. The smallest absolute Gasteiger partial charge is 0.261 e. The largest absolute Gasteiger partial charge is 0.484 e. The van der Waals surface area contributed by atoms with Gasteiger partial charge >= 0.3 is 0 Å². The van der Waals surface area contributed by atoms with Crippen molar-refractivity contribution in [3.63, 3.8) is 0 Å². The van der Waals surface area contributed by atoms with Gasteiger partial charge in [0.15, 0.2) is 6.61 Å². The van der Waals surface area contributed by atoms with Crippen LogP contribution in [0.4, 0.5) is 0 Å². The number of hydrogen-bond donors (Lipinski definition) is 1. The second-order valence-corrected chi connectivity index (χ2v) is 9.61. The Morgan fingerprint density at radius 2 is 1.39 bits per heavy atom. The van der Waals surface area contributed by atoms with E-state index < -0.39 is 6.04 Å². The van der Waals surface area contributed by atoms with Crippen LogP contribution in [0.25, 0.3) is 0 Å². The molecule has 1 N–H and O–H groups in total. The number of carbonyl (C=O) groups is 2. The lowest BCUT2D eigenvalue weighted by molar-refractivity contribution is -0.142. The number of carbonyl (C=O) groups excluding carboxylic acids is 2. The fourth-order valence-corrected chi connectivity index (χ4v) is 4.52. The van der Waals surface area contributed by atoms with Crippen molar-refractivity contribution in [3.8, 4) is 5.75 Å². The van der Waals surface area contributed by atoms with Gasteiger partial charge in [0.05, 0.1) is 0 Å². The van der Waals surface area contributed by atoms with Crippen molar-refractivity contribution < 1.29 is 14.3 Å². The second kappa shape index (κ2) is 13.7. The Balaban J connectivity index is 1.60. The van der Waals surface area contributed by atoms with Crippen molar-refractivity contribution in [2.45, 2.75) is 25.6 Å². The highest BCUT2D eigenvalue weighted by molar-refractivity contribution is 6.35. The lowest BCUT2D eigenvalue weighted by Gasteiger charge is -2.31. The van der Waals surface area contributed by atoms with Crippen molar-refractivity contribution in [3.05, 3.63) is 136 Å². The van der Waals surface area contributed by atoms with Gasteiger partial charge in [0.25, 0.3) is 5.91 Å². The Labute approximate surface area is 233 Å². The molecule has 0 saturated carbocycles. The van der Waals surface area contributed by atoms with Gasteiger partial charge in [0, 0.05) is 29.6 Å². The zero-order valence-electron chi connectivity index (χ0n) is 20.7. The summed E-state index contributed by atoms with van der Waals surface area (Å²) in [6.45, 7) is 0.261. The fraction of sp³-hybridized carbons (Fsp3) is 0.161. The number of ether oxygens (including phenoxy) is 1. The monoisotopic (exact) mass is 546 g/mol. The molecule has 0 saturated heterocycles. The van der Waals surface area contributed by atoms with Gasteiger partial charge in [0.1, 0.15) is 11.8 Å². The van der Waals surface area contributed by atoms with Gasteiger partial charge in [-0.3, -0.25) is 9.59 Å². The minimum Gasteiger partial charge on any atom is -0.484 e. The van der Waals surface area contributed by atoms with E-state index in [1.54, 1.807) is 35.2 Å². The van der Waals surface area contributed by atoms with Gasteiger partial charge in [-0.05, 0) is 41.0 Å². The molecule has 38 heavy (non-hydrogen) atoms. The highest BCUT2D eigenvalue weighted by Gasteiger charge is 2.30. The van der Waals surface area contributed by atoms with Crippen molar-refractivity contribution in [1.82, 2.24) is 10.2 Å². The van der Waals surface area contributed by atoms with Gasteiger partial charge in [-0.2, -0.15) is 0 Å². The van der Waals surface area contributed by atoms with Crippen molar-refractivity contribution in [1.29, 1.82) is 0 Å². The lowest BCUT2D eigenvalue weighted by atomic mass is 10.0. The Hall–Kier alpha value is -3.80. The molecule has 0 aliphatic rings. The SMILES string of the molecule is O=C(NCc1ccc(Cl)cc1Cl)[C@@H](Cc1ccccc1)N(Cc1ccccc1)C(=O)COc1ccccc1. The molecule has 7 heteroatoms. The third-order valence-electron chi connectivity index (χ3n) is 6.04. The van der Waals surface area contributed by atoms with E-state index in [1.807, 2.05) is 78.9 Å². The summed E-state index contributed by atoms with van der Waals surface area (Å²) in [4.78, 5) is 28.9. The van der Waals surface area contributed by atoms with Crippen LogP contribution in [0.15, 0.2) is 109 Å². The molecule has 194 valence electrons. The summed E-state index contributed by atoms with van der Waals surface area (Å²) in [7, 11) is 0. The number of hydrogen-bond acceptors (Lipinski definition) is 3. The Morgan fingerprint density at radius 1 is 0.789 bits per heavy atom. The predicted molar refractivity (Wildman–Crippen MR) is 151 cm³/mol. The summed E-state index contributed by atoms with van der Waals surface area (Å²) in [6.07, 6.45) is 0.338. The molecule has 0 aromatic heterocycles. The molecular formula is C31H28Cl2N2O3. The van der Waals surface area contributed by atoms with Crippen LogP contribution in [0.1, 0.15) is 16.7 Å². The van der Waals surface area contributed by atoms with E-state index in [2.05, 4.69) is 5.32 Å². The Kier molecular flexibility index (Phi) is 9.79. The van der Waals surface area contributed by atoms with Crippen molar-refractivity contribution in [2.24, 2.45) is 0 Å². The third kappa shape index (κ3) is 7.85. The minimum absolute atomic E-state index is 0.196. The molecule has 0 radical (unpaired) electrons. The number of amides is 2. The Bertz CT molecular complexity index is 1340. The molecule has 0 heterocycles. The number of rotatable bonds is 11. The van der Waals surface area contributed by atoms with Crippen molar-refractivity contribution in [2.75, 3.05) is 6.61 Å². The highest BCUT2D eigenvalue weighted by atomic mass is 35.5. The van der Waals surface area contributed by atoms with Crippen LogP contribution in [0.2, 0.25) is 10.0 Å². The number of nitrogens with one attached hydrogen (secondary N) is 1. The second-order valence-electron chi connectivity index (χ2n) is 8.77. The molecule has 0 bridgehead atoms. The molecule has 0 spiro atoms. The first kappa shape index (κ1) is 27.2. The van der Waals surface area contributed by atoms with E-state index in [-0.39, 0.29) is 31.5 Å². The third-order valence-corrected chi connectivity index (χ3v) is 6.63. The molecule has 4 aromatic rings. The molecule has 0 aliphatic carbocycles. The van der Waals surface area contributed by atoms with E-state index in [0.29, 0.717) is 22.2 Å². The maximum Gasteiger partial charge on any atom is 0.261 e. The summed E-state index contributed by atoms with van der Waals surface area (Å²) in [5, 5.41) is 3.96. The van der Waals surface area contributed by atoms with E-state index >= 15 is 0 Å². The number of benzene rings is 4. The van der Waals surface area contributed by atoms with E-state index in [1.165, 1.54) is 0 Å². The minimum atomic E-state index is -0.782. The predicted octanol–water partition coefficient (Wildman–Crippen LogP) is 6.33. The molecule has 5 nitrogen and oxygen atoms in total. The Morgan fingerprint density at radius 3 is 2.03 bits per heavy atom. The maximum absolute atomic E-state index is 13.7. The van der Waals surface area contributed by atoms with Gasteiger partial charge in [-0.25, -0.2) is 0 Å². The van der Waals surface area contributed by atoms with E-state index in [9.17, 15) is 9.59 Å². The van der Waals surface area contributed by atoms with Gasteiger partial charge < -0.3 is 15.0 Å². The quantitative estimate of drug-likeness (QED) is 0.239. The van der Waals surface area contributed by atoms with Crippen molar-refractivity contribution >= 4 is 35.0 Å². The number of halogens is 2. The topological polar surface area (TPSA) is 58.6 Å². The lowest BCUT2D eigenvalue weighted by Crippen LogP contribution is -2.51. The van der Waals surface area contributed by atoms with Crippen LogP contribution in [0.5, 0.6) is 5.75 Å². The summed E-state index contributed by atoms with van der Waals surface area (Å²) < 4.78 is 5.77. The number of para-hydroxylation sites is 1. The zero-order chi connectivity index (χ0) is 26.7. The van der Waals surface area contributed by atoms with Gasteiger partial charge in [0.2, 0.25) is 5.91 Å². The van der Waals surface area contributed by atoms with E-state index in [4.69, 9.17) is 27.9 Å². The molecule has 2 amide bonds. The first-order valence-electron chi connectivity index (χ1n) is 12.3. The van der Waals surface area contributed by atoms with Crippen LogP contribution < -0.4 is 10.1 Å². The zero-order valence-corrected chi connectivity index (χ0v) is 22.2. The number of nitrogens with zero attached hydrogens (tertiary/aromatic N) is 1. The molecule has 0 unspecified atom stereocenters. The van der Waals surface area contributed by atoms with Gasteiger partial charge in [-0.15, -0.1) is 0 Å². The standard InChI is InChI=1S/C31H28Cl2N2O3/c32-26-17-16-25(28(33)19-26)20-34-31(37)29(18-23-10-4-1-5-11-23)35(21-24-12-6-2-7-13-24)30(36)22-38-27-14-8-3-9-15-27/h1-17,19,29H,18,20-22H2,(H,34,37)/t29-/m1/s1. The molecule has 4 rings (SSSR count). The van der Waals surface area contributed by atoms with Crippen LogP contribution in [0.3, 0.4) is 0 Å². The average Bonchev–Trinajstić information content (AvgIpc) is 2.94. The molecule has 4 aromatic carbocycles. The molecule has 0 aliphatic heterocycles. The first-order chi connectivity index (χ1) is 18.5. The highest BCUT2D eigenvalue weighted by Crippen LogP contribution is 2.21. The summed E-state index contributed by atoms with van der Waals surface area (Å²) in [5.41, 5.74) is 2.58. The average molecular weight is 547 g/mol. The summed E-state index contributed by atoms with van der Waals surface area (Å²) in [5.74, 6) is 0.00382. The van der Waals surface area contributed by atoms with E-state index in [0.717, 1.165) is 16.7 Å². The molecule has 0 fully saturated rings.